The molecule has 2 amide bonds. The largest absolute Gasteiger partial charge is 0.496 e. The quantitative estimate of drug-likeness (QED) is 0.426. The van der Waals surface area contributed by atoms with E-state index in [1.54, 1.807) is 6.92 Å². The number of alkyl halides is 2. The zero-order chi connectivity index (χ0) is 28.5. The van der Waals surface area contributed by atoms with Crippen molar-refractivity contribution in [2.45, 2.75) is 76.9 Å². The van der Waals surface area contributed by atoms with Gasteiger partial charge in [-0.05, 0) is 69.8 Å². The maximum absolute atomic E-state index is 13.5. The number of amides is 2. The number of hydrogen-bond donors (Lipinski definition) is 3. The van der Waals surface area contributed by atoms with E-state index in [1.807, 2.05) is 0 Å². The number of benzene rings is 1. The van der Waals surface area contributed by atoms with Gasteiger partial charge in [-0.2, -0.15) is 5.26 Å². The van der Waals surface area contributed by atoms with Crippen molar-refractivity contribution in [3.8, 4) is 17.6 Å². The van der Waals surface area contributed by atoms with Gasteiger partial charge in [0.1, 0.15) is 17.6 Å². The summed E-state index contributed by atoms with van der Waals surface area (Å²) in [6, 6.07) is 4.40. The molecule has 3 saturated carbocycles. The van der Waals surface area contributed by atoms with Crippen molar-refractivity contribution >= 4 is 17.8 Å². The smallest absolute Gasteiger partial charge is 0.309 e. The second-order valence-electron chi connectivity index (χ2n) is 11.5. The van der Waals surface area contributed by atoms with Gasteiger partial charge in [-0.1, -0.05) is 0 Å². The first kappa shape index (κ1) is 28.6. The molecule has 11 heteroatoms. The number of fused-ring (bicyclic) bond motifs is 2. The van der Waals surface area contributed by atoms with Crippen molar-refractivity contribution in [1.82, 2.24) is 10.6 Å². The zero-order valence-electron chi connectivity index (χ0n) is 22.4. The van der Waals surface area contributed by atoms with Crippen LogP contribution in [0.25, 0.3) is 0 Å². The van der Waals surface area contributed by atoms with E-state index < -0.39 is 47.6 Å². The molecular weight excluding hydrogens is 512 g/mol. The predicted octanol–water partition coefficient (Wildman–Crippen LogP) is 3.90. The van der Waals surface area contributed by atoms with Crippen LogP contribution >= 0.6 is 0 Å². The van der Waals surface area contributed by atoms with Crippen LogP contribution in [0.3, 0.4) is 0 Å². The van der Waals surface area contributed by atoms with Gasteiger partial charge in [-0.3, -0.25) is 14.4 Å². The van der Waals surface area contributed by atoms with Crippen LogP contribution in [0.15, 0.2) is 12.1 Å². The summed E-state index contributed by atoms with van der Waals surface area (Å²) < 4.78 is 38.2. The lowest BCUT2D eigenvalue weighted by Gasteiger charge is -2.34. The number of methoxy groups -OCH3 is 1. The van der Waals surface area contributed by atoms with E-state index in [0.29, 0.717) is 25.7 Å². The molecular formula is C28H35F2N3O6. The molecule has 3 aliphatic rings. The highest BCUT2D eigenvalue weighted by Gasteiger charge is 2.51. The van der Waals surface area contributed by atoms with Gasteiger partial charge >= 0.3 is 5.97 Å². The molecule has 0 aliphatic heterocycles. The van der Waals surface area contributed by atoms with Crippen LogP contribution in [-0.2, 0) is 9.59 Å². The third-order valence-electron chi connectivity index (χ3n) is 8.60. The molecule has 4 atom stereocenters. The number of hydrogen-bond acceptors (Lipinski definition) is 6. The minimum Gasteiger partial charge on any atom is -0.496 e. The first-order valence-corrected chi connectivity index (χ1v) is 13.3. The molecule has 3 aliphatic carbocycles. The van der Waals surface area contributed by atoms with Crippen molar-refractivity contribution in [2.24, 2.45) is 23.2 Å². The van der Waals surface area contributed by atoms with Crippen LogP contribution in [0.1, 0.15) is 74.7 Å². The molecule has 2 bridgehead atoms. The maximum atomic E-state index is 13.5. The summed E-state index contributed by atoms with van der Waals surface area (Å²) in [6.45, 7) is 1.68. The number of nitriles is 1. The summed E-state index contributed by atoms with van der Waals surface area (Å²) in [7, 11) is 1.38. The van der Waals surface area contributed by atoms with Crippen LogP contribution in [0.2, 0.25) is 0 Å². The van der Waals surface area contributed by atoms with Crippen LogP contribution in [0.5, 0.6) is 11.5 Å². The van der Waals surface area contributed by atoms with Gasteiger partial charge in [0.15, 0.2) is 0 Å². The molecule has 0 aromatic heterocycles. The highest BCUT2D eigenvalue weighted by atomic mass is 19.3. The molecule has 4 rings (SSSR count). The number of carboxylic acids is 1. The molecule has 0 radical (unpaired) electrons. The van der Waals surface area contributed by atoms with Crippen molar-refractivity contribution in [3.63, 3.8) is 0 Å². The third kappa shape index (κ3) is 6.10. The van der Waals surface area contributed by atoms with Crippen LogP contribution < -0.4 is 20.1 Å². The summed E-state index contributed by atoms with van der Waals surface area (Å²) in [5.41, 5.74) is -0.522. The molecule has 4 unspecified atom stereocenters. The second-order valence-corrected chi connectivity index (χ2v) is 11.5. The van der Waals surface area contributed by atoms with Crippen molar-refractivity contribution < 1.29 is 37.7 Å². The molecule has 0 heterocycles. The molecule has 9 nitrogen and oxygen atoms in total. The Kier molecular flexibility index (Phi) is 8.05. The summed E-state index contributed by atoms with van der Waals surface area (Å²) in [4.78, 5) is 37.9. The Hall–Kier alpha value is -3.42. The summed E-state index contributed by atoms with van der Waals surface area (Å²) >= 11 is 0. The monoisotopic (exact) mass is 547 g/mol. The Morgan fingerprint density at radius 1 is 1.15 bits per heavy atom. The topological polar surface area (TPSA) is 138 Å². The highest BCUT2D eigenvalue weighted by molar-refractivity contribution is 5.98. The predicted molar refractivity (Wildman–Crippen MR) is 136 cm³/mol. The molecule has 0 spiro atoms. The van der Waals surface area contributed by atoms with Crippen LogP contribution in [0, 0.1) is 34.5 Å². The fourth-order valence-corrected chi connectivity index (χ4v) is 6.30. The Bertz CT molecular complexity index is 1170. The average molecular weight is 548 g/mol. The number of nitrogens with one attached hydrogen (secondary N) is 2. The lowest BCUT2D eigenvalue weighted by atomic mass is 9.75. The van der Waals surface area contributed by atoms with Gasteiger partial charge in [-0.25, -0.2) is 8.78 Å². The second kappa shape index (κ2) is 11.0. The van der Waals surface area contributed by atoms with Crippen molar-refractivity contribution in [3.05, 3.63) is 23.3 Å². The Morgan fingerprint density at radius 3 is 2.41 bits per heavy atom. The van der Waals surface area contributed by atoms with Crippen LogP contribution in [0.4, 0.5) is 8.78 Å². The molecule has 39 heavy (non-hydrogen) atoms. The lowest BCUT2D eigenvalue weighted by molar-refractivity contribution is -0.150. The lowest BCUT2D eigenvalue weighted by Crippen LogP contribution is -2.51. The molecule has 3 fully saturated rings. The Labute approximate surface area is 226 Å². The summed E-state index contributed by atoms with van der Waals surface area (Å²) in [5.74, 6) is -5.08. The summed E-state index contributed by atoms with van der Waals surface area (Å²) in [5, 5.41) is 24.5. The molecule has 1 aromatic carbocycles. The van der Waals surface area contributed by atoms with E-state index in [9.17, 15) is 33.5 Å². The van der Waals surface area contributed by atoms with Crippen molar-refractivity contribution in [2.75, 3.05) is 13.7 Å². The number of rotatable bonds is 9. The molecule has 212 valence electrons. The van der Waals surface area contributed by atoms with Gasteiger partial charge in [0.2, 0.25) is 5.91 Å². The number of nitrogens with zero attached hydrogens (tertiary/aromatic N) is 1. The summed E-state index contributed by atoms with van der Waals surface area (Å²) in [6.07, 6.45) is 3.88. The van der Waals surface area contributed by atoms with E-state index in [4.69, 9.17) is 9.47 Å². The van der Waals surface area contributed by atoms with Gasteiger partial charge < -0.3 is 25.2 Å². The SMILES string of the molecule is COc1cc(C#N)c(OC2CCC(C)(C(=O)O)CC2)cc1C(=O)NC1C2CCC(C2)C1C(=O)NCC(C)(F)F. The van der Waals surface area contributed by atoms with Gasteiger partial charge in [0.25, 0.3) is 11.8 Å². The molecule has 1 aromatic rings. The minimum absolute atomic E-state index is 0.00956. The molecule has 3 N–H and O–H groups in total. The number of carbonyl (C=O) groups excluding carboxylic acids is 2. The number of aliphatic carboxylic acids is 1. The zero-order valence-corrected chi connectivity index (χ0v) is 22.4. The molecule has 0 saturated heterocycles. The van der Waals surface area contributed by atoms with E-state index >= 15 is 0 Å². The van der Waals surface area contributed by atoms with Gasteiger partial charge in [0.05, 0.1) is 42.2 Å². The minimum atomic E-state index is -3.04. The van der Waals surface area contributed by atoms with E-state index in [-0.39, 0.29) is 40.6 Å². The first-order chi connectivity index (χ1) is 18.3. The highest BCUT2D eigenvalue weighted by Crippen LogP contribution is 2.49. The normalized spacial score (nSPS) is 29.8. The fourth-order valence-electron chi connectivity index (χ4n) is 6.30. The third-order valence-corrected chi connectivity index (χ3v) is 8.60. The fraction of sp³-hybridized carbons (Fsp3) is 0.643. The van der Waals surface area contributed by atoms with Gasteiger partial charge in [0, 0.05) is 19.0 Å². The van der Waals surface area contributed by atoms with E-state index in [0.717, 1.165) is 26.2 Å². The van der Waals surface area contributed by atoms with E-state index in [1.165, 1.54) is 19.2 Å². The standard InChI is InChI=1S/C28H35F2N3O6/c1-27(26(36)37)8-6-18(7-9-27)39-20-12-19(21(38-3)11-17(20)13-31)24(34)33-23-16-5-4-15(10-16)22(23)25(35)32-14-28(2,29)30/h11-12,15-16,18,22-23H,4-10,14H2,1-3H3,(H,32,35)(H,33,34)(H,36,37). The van der Waals surface area contributed by atoms with Crippen molar-refractivity contribution in [1.29, 1.82) is 5.26 Å². The first-order valence-electron chi connectivity index (χ1n) is 13.3. The Morgan fingerprint density at radius 2 is 1.82 bits per heavy atom. The number of carboxylic acid groups (broad SMARTS) is 1. The number of carbonyl (C=O) groups is 3. The van der Waals surface area contributed by atoms with Crippen LogP contribution in [-0.4, -0.2) is 54.6 Å². The number of ether oxygens (including phenoxy) is 2. The maximum Gasteiger partial charge on any atom is 0.309 e. The Balaban J connectivity index is 1.52. The average Bonchev–Trinajstić information content (AvgIpc) is 3.50. The van der Waals surface area contributed by atoms with E-state index in [2.05, 4.69) is 16.7 Å². The number of halogens is 2. The van der Waals surface area contributed by atoms with Gasteiger partial charge in [-0.15, -0.1) is 0 Å².